The van der Waals surface area contributed by atoms with Crippen molar-refractivity contribution in [3.63, 3.8) is 0 Å². The summed E-state index contributed by atoms with van der Waals surface area (Å²) in [4.78, 5) is 23.1. The molecule has 0 bridgehead atoms. The van der Waals surface area contributed by atoms with Crippen LogP contribution in [0.4, 0.5) is 5.95 Å². The molecule has 18 heavy (non-hydrogen) atoms. The number of β-amino-alcohol motifs (C(OH)–C–C–N with tert-alkyl or cyclic N) is 2. The van der Waals surface area contributed by atoms with Crippen molar-refractivity contribution in [2.45, 2.75) is 12.2 Å². The van der Waals surface area contributed by atoms with E-state index in [1.54, 1.807) is 30.4 Å². The maximum Gasteiger partial charge on any atom is 0.242 e. The quantitative estimate of drug-likeness (QED) is 0.679. The molecule has 7 nitrogen and oxygen atoms in total. The van der Waals surface area contributed by atoms with E-state index < -0.39 is 12.2 Å². The molecule has 1 aromatic rings. The molecule has 1 fully saturated rings. The lowest BCUT2D eigenvalue weighted by atomic mass is 10.3. The van der Waals surface area contributed by atoms with Gasteiger partial charge in [0.1, 0.15) is 0 Å². The molecule has 2 unspecified atom stereocenters. The van der Waals surface area contributed by atoms with Crippen LogP contribution in [-0.2, 0) is 4.79 Å². The Bertz CT molecular complexity index is 404. The van der Waals surface area contributed by atoms with E-state index in [0.717, 1.165) is 0 Å². The number of aliphatic hydroxyl groups is 2. The molecule has 1 aliphatic heterocycles. The zero-order chi connectivity index (χ0) is 13.1. The molecule has 1 saturated heterocycles. The number of hydrogen-bond donors (Lipinski definition) is 2. The van der Waals surface area contributed by atoms with Crippen LogP contribution in [0.3, 0.4) is 0 Å². The second-order valence-electron chi connectivity index (χ2n) is 4.34. The molecule has 2 rings (SSSR count). The van der Waals surface area contributed by atoms with Crippen molar-refractivity contribution in [1.29, 1.82) is 0 Å². The van der Waals surface area contributed by atoms with E-state index in [4.69, 9.17) is 0 Å². The van der Waals surface area contributed by atoms with E-state index in [1.165, 1.54) is 4.90 Å². The molecular formula is C11H16N4O3. The highest BCUT2D eigenvalue weighted by atomic mass is 16.3. The maximum atomic E-state index is 11.9. The average molecular weight is 252 g/mol. The maximum absolute atomic E-state index is 11.9. The molecule has 2 heterocycles. The summed E-state index contributed by atoms with van der Waals surface area (Å²) in [6.45, 7) is 0.455. The number of hydrogen-bond acceptors (Lipinski definition) is 6. The van der Waals surface area contributed by atoms with Gasteiger partial charge in [-0.1, -0.05) is 0 Å². The van der Waals surface area contributed by atoms with Crippen LogP contribution in [0.2, 0.25) is 0 Å². The third kappa shape index (κ3) is 2.74. The van der Waals surface area contributed by atoms with Crippen LogP contribution < -0.4 is 4.90 Å². The van der Waals surface area contributed by atoms with Gasteiger partial charge >= 0.3 is 0 Å². The predicted octanol–water partition coefficient (Wildman–Crippen LogP) is -1.52. The number of aliphatic hydroxyl groups excluding tert-OH is 2. The van der Waals surface area contributed by atoms with Crippen molar-refractivity contribution < 1.29 is 15.0 Å². The zero-order valence-electron chi connectivity index (χ0n) is 10.1. The highest BCUT2D eigenvalue weighted by Crippen LogP contribution is 2.11. The Labute approximate surface area is 105 Å². The average Bonchev–Trinajstić information content (AvgIpc) is 2.71. The number of nitrogens with zero attached hydrogens (tertiary/aromatic N) is 4. The van der Waals surface area contributed by atoms with Crippen molar-refractivity contribution in [3.8, 4) is 0 Å². The minimum absolute atomic E-state index is 0.115. The van der Waals surface area contributed by atoms with Gasteiger partial charge in [-0.15, -0.1) is 0 Å². The molecule has 1 amide bonds. The summed E-state index contributed by atoms with van der Waals surface area (Å²) in [5.41, 5.74) is 0. The second kappa shape index (κ2) is 5.28. The highest BCUT2D eigenvalue weighted by Gasteiger charge is 2.32. The first-order chi connectivity index (χ1) is 8.58. The predicted molar refractivity (Wildman–Crippen MR) is 63.9 cm³/mol. The molecule has 0 radical (unpaired) electrons. The van der Waals surface area contributed by atoms with E-state index in [2.05, 4.69) is 9.97 Å². The van der Waals surface area contributed by atoms with Crippen molar-refractivity contribution in [2.24, 2.45) is 0 Å². The summed E-state index contributed by atoms with van der Waals surface area (Å²) in [6, 6.07) is 1.70. The number of carbonyl (C=O) groups is 1. The van der Waals surface area contributed by atoms with Crippen LogP contribution in [0.15, 0.2) is 18.5 Å². The van der Waals surface area contributed by atoms with E-state index in [0.29, 0.717) is 5.95 Å². The van der Waals surface area contributed by atoms with Crippen molar-refractivity contribution in [2.75, 3.05) is 31.6 Å². The molecule has 0 aromatic carbocycles. The first-order valence-electron chi connectivity index (χ1n) is 5.70. The van der Waals surface area contributed by atoms with Crippen molar-refractivity contribution in [3.05, 3.63) is 18.5 Å². The molecule has 1 aliphatic rings. The standard InChI is InChI=1S/C11H16N4O3/c1-14(11-12-3-2-4-13-11)7-10(18)15-5-8(16)9(17)6-15/h2-4,8-9,16-17H,5-7H2,1H3. The fraction of sp³-hybridized carbons (Fsp3) is 0.545. The van der Waals surface area contributed by atoms with Gasteiger partial charge in [0, 0.05) is 32.5 Å². The summed E-state index contributed by atoms with van der Waals surface area (Å²) < 4.78 is 0. The van der Waals surface area contributed by atoms with Crippen molar-refractivity contribution in [1.82, 2.24) is 14.9 Å². The Hall–Kier alpha value is -1.73. The van der Waals surface area contributed by atoms with E-state index in [9.17, 15) is 15.0 Å². The Kier molecular flexibility index (Phi) is 3.73. The van der Waals surface area contributed by atoms with Crippen LogP contribution in [0.5, 0.6) is 0 Å². The summed E-state index contributed by atoms with van der Waals surface area (Å²) in [7, 11) is 1.72. The Balaban J connectivity index is 1.92. The molecule has 2 N–H and O–H groups in total. The first kappa shape index (κ1) is 12.7. The van der Waals surface area contributed by atoms with Gasteiger partial charge in [-0.25, -0.2) is 9.97 Å². The molecule has 2 atom stereocenters. The van der Waals surface area contributed by atoms with Crippen LogP contribution in [-0.4, -0.2) is 69.9 Å². The zero-order valence-corrected chi connectivity index (χ0v) is 10.1. The normalized spacial score (nSPS) is 23.2. The number of anilines is 1. The fourth-order valence-corrected chi connectivity index (χ4v) is 1.84. The van der Waals surface area contributed by atoms with Crippen LogP contribution in [0.25, 0.3) is 0 Å². The summed E-state index contributed by atoms with van der Waals surface area (Å²) in [6.07, 6.45) is 1.50. The molecule has 0 aliphatic carbocycles. The van der Waals surface area contributed by atoms with Gasteiger partial charge in [0.15, 0.2) is 0 Å². The third-order valence-electron chi connectivity index (χ3n) is 2.88. The van der Waals surface area contributed by atoms with Gasteiger partial charge in [-0.05, 0) is 6.07 Å². The molecule has 0 spiro atoms. The summed E-state index contributed by atoms with van der Waals surface area (Å²) in [5.74, 6) is 0.298. The van der Waals surface area contributed by atoms with E-state index in [1.807, 2.05) is 0 Å². The van der Waals surface area contributed by atoms with Gasteiger partial charge < -0.3 is 20.0 Å². The molecular weight excluding hydrogens is 236 g/mol. The van der Waals surface area contributed by atoms with Gasteiger partial charge in [-0.2, -0.15) is 0 Å². The van der Waals surface area contributed by atoms with Gasteiger partial charge in [0.2, 0.25) is 11.9 Å². The monoisotopic (exact) mass is 252 g/mol. The Morgan fingerprint density at radius 1 is 1.39 bits per heavy atom. The Morgan fingerprint density at radius 2 is 1.94 bits per heavy atom. The Morgan fingerprint density at radius 3 is 2.50 bits per heavy atom. The lowest BCUT2D eigenvalue weighted by molar-refractivity contribution is -0.129. The fourth-order valence-electron chi connectivity index (χ4n) is 1.84. The number of carbonyl (C=O) groups excluding carboxylic acids is 1. The molecule has 7 heteroatoms. The molecule has 98 valence electrons. The lowest BCUT2D eigenvalue weighted by Crippen LogP contribution is -2.38. The third-order valence-corrected chi connectivity index (χ3v) is 2.88. The second-order valence-corrected chi connectivity index (χ2v) is 4.34. The van der Waals surface area contributed by atoms with Gasteiger partial charge in [-0.3, -0.25) is 4.79 Å². The molecule has 1 aromatic heterocycles. The van der Waals surface area contributed by atoms with E-state index >= 15 is 0 Å². The smallest absolute Gasteiger partial charge is 0.242 e. The number of likely N-dealkylation sites (tertiary alicyclic amines) is 1. The van der Waals surface area contributed by atoms with Crippen LogP contribution >= 0.6 is 0 Å². The topological polar surface area (TPSA) is 89.8 Å². The summed E-state index contributed by atoms with van der Waals surface area (Å²) >= 11 is 0. The minimum Gasteiger partial charge on any atom is -0.388 e. The SMILES string of the molecule is CN(CC(=O)N1CC(O)C(O)C1)c1ncccn1. The molecule has 0 saturated carbocycles. The first-order valence-corrected chi connectivity index (χ1v) is 5.70. The highest BCUT2D eigenvalue weighted by molar-refractivity contribution is 5.81. The van der Waals surface area contributed by atoms with Gasteiger partial charge in [0.25, 0.3) is 0 Å². The minimum atomic E-state index is -0.854. The lowest BCUT2D eigenvalue weighted by Gasteiger charge is -2.21. The number of likely N-dealkylation sites (N-methyl/N-ethyl adjacent to an activating group) is 1. The number of rotatable bonds is 3. The van der Waals surface area contributed by atoms with Crippen LogP contribution in [0.1, 0.15) is 0 Å². The van der Waals surface area contributed by atoms with Crippen molar-refractivity contribution >= 4 is 11.9 Å². The number of aromatic nitrogens is 2. The summed E-state index contributed by atoms with van der Waals surface area (Å²) in [5, 5.41) is 18.8. The largest absolute Gasteiger partial charge is 0.388 e. The number of amides is 1. The van der Waals surface area contributed by atoms with E-state index in [-0.39, 0.29) is 25.5 Å². The van der Waals surface area contributed by atoms with Gasteiger partial charge in [0.05, 0.1) is 18.8 Å². The van der Waals surface area contributed by atoms with Crippen LogP contribution in [0, 0.1) is 0 Å².